The van der Waals surface area contributed by atoms with Gasteiger partial charge in [0.1, 0.15) is 0 Å². The topological polar surface area (TPSA) is 0 Å². The molecule has 0 heteroatoms. The van der Waals surface area contributed by atoms with Crippen LogP contribution in [0.4, 0.5) is 0 Å². The molecular weight excluding hydrogens is 84.1 g/mol. The first-order chi connectivity index (χ1) is 3.18. The Morgan fingerprint density at radius 2 is 2.00 bits per heavy atom. The quantitative estimate of drug-likeness (QED) is 0.344. The molecule has 0 saturated heterocycles. The van der Waals surface area contributed by atoms with Crippen molar-refractivity contribution >= 4 is 0 Å². The van der Waals surface area contributed by atoms with E-state index in [0.29, 0.717) is 0 Å². The van der Waals surface area contributed by atoms with Crippen LogP contribution in [0.1, 0.15) is 6.92 Å². The summed E-state index contributed by atoms with van der Waals surface area (Å²) in [6.07, 6.45) is 0. The van der Waals surface area contributed by atoms with Crippen LogP contribution in [0.3, 0.4) is 0 Å². The molecule has 0 spiro atoms. The molecule has 0 bridgehead atoms. The maximum atomic E-state index is 3.62. The predicted molar refractivity (Wildman–Crippen MR) is 32.8 cm³/mol. The lowest BCUT2D eigenvalue weighted by Crippen LogP contribution is -1.69. The van der Waals surface area contributed by atoms with Gasteiger partial charge in [-0.3, -0.25) is 0 Å². The van der Waals surface area contributed by atoms with Crippen LogP contribution >= 0.6 is 0 Å². The van der Waals surface area contributed by atoms with Crippen molar-refractivity contribution in [1.82, 2.24) is 0 Å². The SMILES string of the molecule is [CH2]C(=C=C)C(=C)C. The van der Waals surface area contributed by atoms with E-state index in [9.17, 15) is 0 Å². The number of rotatable bonds is 1. The van der Waals surface area contributed by atoms with E-state index in [-0.39, 0.29) is 0 Å². The Hall–Kier alpha value is -0.740. The van der Waals surface area contributed by atoms with Crippen molar-refractivity contribution in [1.29, 1.82) is 0 Å². The Balaban J connectivity index is 4.10. The van der Waals surface area contributed by atoms with Crippen molar-refractivity contribution in [3.8, 4) is 0 Å². The molecule has 0 aliphatic rings. The minimum Gasteiger partial charge on any atom is -0.125 e. The maximum absolute atomic E-state index is 3.62. The fourth-order valence-electron chi connectivity index (χ4n) is 0.151. The lowest BCUT2D eigenvalue weighted by molar-refractivity contribution is 1.47. The second kappa shape index (κ2) is 2.44. The maximum Gasteiger partial charge on any atom is -0.00397 e. The predicted octanol–water partition coefficient (Wildman–Crippen LogP) is 2.11. The summed E-state index contributed by atoms with van der Waals surface area (Å²) in [7, 11) is 0. The molecule has 0 unspecified atom stereocenters. The average Bonchev–Trinajstić information content (AvgIpc) is 1.65. The Morgan fingerprint density at radius 3 is 2.00 bits per heavy atom. The first-order valence-electron chi connectivity index (χ1n) is 2.06. The fraction of sp³-hybridized carbons (Fsp3) is 0.143. The Kier molecular flexibility index (Phi) is 2.18. The van der Waals surface area contributed by atoms with Crippen LogP contribution in [0.2, 0.25) is 0 Å². The van der Waals surface area contributed by atoms with Gasteiger partial charge in [0.15, 0.2) is 0 Å². The van der Waals surface area contributed by atoms with Crippen LogP contribution in [0.25, 0.3) is 0 Å². The van der Waals surface area contributed by atoms with E-state index in [1.165, 1.54) is 0 Å². The Morgan fingerprint density at radius 1 is 1.57 bits per heavy atom. The third-order valence-electron chi connectivity index (χ3n) is 0.729. The monoisotopic (exact) mass is 93.1 g/mol. The summed E-state index contributed by atoms with van der Waals surface area (Å²) in [6.45, 7) is 12.5. The van der Waals surface area contributed by atoms with Gasteiger partial charge >= 0.3 is 0 Å². The molecule has 0 heterocycles. The number of hydrogen-bond donors (Lipinski definition) is 0. The Labute approximate surface area is 44.9 Å². The largest absolute Gasteiger partial charge is 0.125 e. The molecule has 0 N–H and O–H groups in total. The molecule has 0 fully saturated rings. The highest BCUT2D eigenvalue weighted by Gasteiger charge is 1.81. The van der Waals surface area contributed by atoms with Crippen molar-refractivity contribution in [2.75, 3.05) is 0 Å². The molecule has 0 aromatic rings. The second-order valence-electron chi connectivity index (χ2n) is 1.44. The molecule has 0 rings (SSSR count). The zero-order chi connectivity index (χ0) is 5.86. The fourth-order valence-corrected chi connectivity index (χ4v) is 0.151. The van der Waals surface area contributed by atoms with Crippen molar-refractivity contribution in [2.45, 2.75) is 6.92 Å². The molecule has 0 amide bonds. The lowest BCUT2D eigenvalue weighted by atomic mass is 10.2. The van der Waals surface area contributed by atoms with Crippen molar-refractivity contribution in [3.63, 3.8) is 0 Å². The molecule has 0 aromatic heterocycles. The minimum absolute atomic E-state index is 0.792. The first kappa shape index (κ1) is 6.26. The van der Waals surface area contributed by atoms with Crippen molar-refractivity contribution in [2.24, 2.45) is 0 Å². The molecule has 0 atom stereocenters. The van der Waals surface area contributed by atoms with E-state index >= 15 is 0 Å². The molecule has 0 nitrogen and oxygen atoms in total. The number of allylic oxidation sites excluding steroid dienone is 2. The molecule has 0 aliphatic carbocycles. The lowest BCUT2D eigenvalue weighted by Gasteiger charge is -1.88. The highest BCUT2D eigenvalue weighted by atomic mass is 13.9. The summed E-state index contributed by atoms with van der Waals surface area (Å²) in [6, 6.07) is 0. The molecule has 7 heavy (non-hydrogen) atoms. The molecule has 0 saturated carbocycles. The summed E-state index contributed by atoms with van der Waals surface area (Å²) in [5, 5.41) is 0. The van der Waals surface area contributed by atoms with Crippen molar-refractivity contribution < 1.29 is 0 Å². The van der Waals surface area contributed by atoms with Crippen LogP contribution in [-0.4, -0.2) is 0 Å². The van der Waals surface area contributed by atoms with Gasteiger partial charge in [-0.05, 0) is 25.0 Å². The van der Waals surface area contributed by atoms with Gasteiger partial charge in [0.2, 0.25) is 0 Å². The summed E-state index contributed by atoms with van der Waals surface area (Å²) in [5.74, 6) is 0. The summed E-state index contributed by atoms with van der Waals surface area (Å²) in [5.41, 5.74) is 4.34. The minimum atomic E-state index is 0.792. The van der Waals surface area contributed by atoms with Gasteiger partial charge in [0.05, 0.1) is 0 Å². The van der Waals surface area contributed by atoms with Crippen LogP contribution in [0, 0.1) is 6.92 Å². The van der Waals surface area contributed by atoms with E-state index in [1.54, 1.807) is 0 Å². The van der Waals surface area contributed by atoms with E-state index in [0.717, 1.165) is 11.1 Å². The highest BCUT2D eigenvalue weighted by Crippen LogP contribution is 1.99. The molecule has 1 radical (unpaired) electrons. The van der Waals surface area contributed by atoms with Gasteiger partial charge in [-0.15, -0.1) is 5.73 Å². The van der Waals surface area contributed by atoms with Crippen LogP contribution in [0.5, 0.6) is 0 Å². The van der Waals surface area contributed by atoms with Gasteiger partial charge in [-0.1, -0.05) is 13.2 Å². The highest BCUT2D eigenvalue weighted by molar-refractivity contribution is 5.26. The van der Waals surface area contributed by atoms with Gasteiger partial charge in [0, 0.05) is 0 Å². The van der Waals surface area contributed by atoms with Crippen LogP contribution in [-0.2, 0) is 0 Å². The molecule has 0 aromatic carbocycles. The smallest absolute Gasteiger partial charge is 0.00397 e. The Bertz CT molecular complexity index is 123. The molecular formula is C7H9. The van der Waals surface area contributed by atoms with Crippen LogP contribution in [0.15, 0.2) is 30.0 Å². The average molecular weight is 93.1 g/mol. The second-order valence-corrected chi connectivity index (χ2v) is 1.44. The summed E-state index contributed by atoms with van der Waals surface area (Å²) < 4.78 is 0. The summed E-state index contributed by atoms with van der Waals surface area (Å²) >= 11 is 0. The van der Waals surface area contributed by atoms with Crippen LogP contribution < -0.4 is 0 Å². The van der Waals surface area contributed by atoms with Gasteiger partial charge in [-0.25, -0.2) is 0 Å². The van der Waals surface area contributed by atoms with E-state index in [2.05, 4.69) is 25.8 Å². The number of hydrogen-bond acceptors (Lipinski definition) is 0. The van der Waals surface area contributed by atoms with Crippen molar-refractivity contribution in [3.05, 3.63) is 37.0 Å². The van der Waals surface area contributed by atoms with Gasteiger partial charge in [0.25, 0.3) is 0 Å². The van der Waals surface area contributed by atoms with E-state index in [4.69, 9.17) is 0 Å². The van der Waals surface area contributed by atoms with E-state index < -0.39 is 0 Å². The van der Waals surface area contributed by atoms with Gasteiger partial charge < -0.3 is 0 Å². The first-order valence-corrected chi connectivity index (χ1v) is 2.06. The normalized spacial score (nSPS) is 7.14. The molecule has 37 valence electrons. The van der Waals surface area contributed by atoms with E-state index in [1.807, 2.05) is 6.92 Å². The summed E-state index contributed by atoms with van der Waals surface area (Å²) in [4.78, 5) is 0. The standard InChI is InChI=1S/C7H9/c1-5-7(4)6(2)3/h1-2,4H2,3H3. The zero-order valence-corrected chi connectivity index (χ0v) is 4.62. The third-order valence-corrected chi connectivity index (χ3v) is 0.729. The molecule has 0 aliphatic heterocycles. The van der Waals surface area contributed by atoms with Gasteiger partial charge in [-0.2, -0.15) is 0 Å². The zero-order valence-electron chi connectivity index (χ0n) is 4.62. The third kappa shape index (κ3) is 2.02.